The molecule has 2 rings (SSSR count). The van der Waals surface area contributed by atoms with Gasteiger partial charge in [-0.15, -0.1) is 0 Å². The minimum Gasteiger partial charge on any atom is -0.496 e. The van der Waals surface area contributed by atoms with Crippen molar-refractivity contribution in [3.05, 3.63) is 47.3 Å². The van der Waals surface area contributed by atoms with Crippen LogP contribution in [0.2, 0.25) is 0 Å². The lowest BCUT2D eigenvalue weighted by atomic mass is 10.1. The van der Waals surface area contributed by atoms with Crippen molar-refractivity contribution >= 4 is 11.9 Å². The third-order valence-corrected chi connectivity index (χ3v) is 3.55. The number of para-hydroxylation sites is 1. The second-order valence-electron chi connectivity index (χ2n) is 5.46. The predicted molar refractivity (Wildman–Crippen MR) is 96.2 cm³/mol. The van der Waals surface area contributed by atoms with Crippen LogP contribution in [0.1, 0.15) is 21.7 Å². The van der Waals surface area contributed by atoms with E-state index < -0.39 is 0 Å². The number of carbonyl (C=O) groups is 1. The summed E-state index contributed by atoms with van der Waals surface area (Å²) in [7, 11) is 3.26. The van der Waals surface area contributed by atoms with Gasteiger partial charge in [0.05, 0.1) is 13.7 Å². The Balaban J connectivity index is 1.93. The van der Waals surface area contributed by atoms with Crippen molar-refractivity contribution in [3.8, 4) is 5.75 Å². The molecule has 1 aromatic heterocycles. The molecule has 7 nitrogen and oxygen atoms in total. The molecular weight excluding hydrogens is 320 g/mol. The van der Waals surface area contributed by atoms with Crippen molar-refractivity contribution in [2.45, 2.75) is 13.3 Å². The fourth-order valence-corrected chi connectivity index (χ4v) is 2.34. The molecule has 134 valence electrons. The second-order valence-corrected chi connectivity index (χ2v) is 5.46. The highest BCUT2D eigenvalue weighted by molar-refractivity contribution is 5.92. The molecule has 0 unspecified atom stereocenters. The number of hydrogen-bond acceptors (Lipinski definition) is 6. The highest BCUT2D eigenvalue weighted by Gasteiger charge is 2.11. The number of aryl methyl sites for hydroxylation is 1. The van der Waals surface area contributed by atoms with Gasteiger partial charge in [0.1, 0.15) is 11.4 Å². The van der Waals surface area contributed by atoms with Crippen LogP contribution in [-0.4, -0.2) is 49.8 Å². The summed E-state index contributed by atoms with van der Waals surface area (Å²) < 4.78 is 10.3. The summed E-state index contributed by atoms with van der Waals surface area (Å²) in [5, 5.41) is 5.92. The molecule has 0 saturated heterocycles. The number of anilines is 1. The summed E-state index contributed by atoms with van der Waals surface area (Å²) in [6, 6.07) is 9.43. The van der Waals surface area contributed by atoms with Gasteiger partial charge in [-0.2, -0.15) is 0 Å². The summed E-state index contributed by atoms with van der Waals surface area (Å²) in [6.45, 7) is 3.44. The molecule has 7 heteroatoms. The van der Waals surface area contributed by atoms with E-state index in [4.69, 9.17) is 9.47 Å². The number of ether oxygens (including phenoxy) is 2. The van der Waals surface area contributed by atoms with Gasteiger partial charge in [0.15, 0.2) is 0 Å². The van der Waals surface area contributed by atoms with Gasteiger partial charge in [-0.05, 0) is 31.0 Å². The minimum atomic E-state index is -0.227. The Morgan fingerprint density at radius 3 is 2.72 bits per heavy atom. The fraction of sp³-hybridized carbons (Fsp3) is 0.389. The number of nitrogens with one attached hydrogen (secondary N) is 2. The zero-order chi connectivity index (χ0) is 18.1. The second kappa shape index (κ2) is 9.58. The van der Waals surface area contributed by atoms with E-state index in [1.54, 1.807) is 20.3 Å². The van der Waals surface area contributed by atoms with E-state index in [-0.39, 0.29) is 5.91 Å². The molecule has 0 spiro atoms. The van der Waals surface area contributed by atoms with Crippen LogP contribution < -0.4 is 15.4 Å². The van der Waals surface area contributed by atoms with E-state index in [0.29, 0.717) is 37.8 Å². The number of carbonyl (C=O) groups excluding carboxylic acids is 1. The van der Waals surface area contributed by atoms with Gasteiger partial charge >= 0.3 is 0 Å². The third kappa shape index (κ3) is 5.72. The van der Waals surface area contributed by atoms with Gasteiger partial charge in [0, 0.05) is 25.9 Å². The number of aromatic nitrogens is 2. The Kier molecular flexibility index (Phi) is 7.16. The summed E-state index contributed by atoms with van der Waals surface area (Å²) in [4.78, 5) is 20.9. The molecule has 0 fully saturated rings. The zero-order valence-electron chi connectivity index (χ0n) is 14.8. The van der Waals surface area contributed by atoms with Gasteiger partial charge in [0.25, 0.3) is 5.91 Å². The van der Waals surface area contributed by atoms with Crippen molar-refractivity contribution in [2.75, 3.05) is 39.2 Å². The number of amides is 1. The van der Waals surface area contributed by atoms with Crippen LogP contribution in [0.25, 0.3) is 0 Å². The van der Waals surface area contributed by atoms with Gasteiger partial charge in [-0.1, -0.05) is 18.2 Å². The lowest BCUT2D eigenvalue weighted by Crippen LogP contribution is -2.27. The first-order valence-electron chi connectivity index (χ1n) is 8.12. The molecule has 0 saturated carbocycles. The molecule has 0 aliphatic carbocycles. The molecule has 0 aliphatic heterocycles. The average Bonchev–Trinajstić information content (AvgIpc) is 2.62. The third-order valence-electron chi connectivity index (χ3n) is 3.55. The summed E-state index contributed by atoms with van der Waals surface area (Å²) in [5.74, 6) is 1.02. The van der Waals surface area contributed by atoms with Gasteiger partial charge in [0.2, 0.25) is 5.95 Å². The predicted octanol–water partition coefficient (Wildman–Crippen LogP) is 1.82. The van der Waals surface area contributed by atoms with E-state index in [0.717, 1.165) is 17.0 Å². The Morgan fingerprint density at radius 1 is 1.16 bits per heavy atom. The van der Waals surface area contributed by atoms with E-state index in [1.807, 2.05) is 31.2 Å². The Morgan fingerprint density at radius 2 is 1.96 bits per heavy atom. The van der Waals surface area contributed by atoms with Crippen LogP contribution in [0.5, 0.6) is 5.75 Å². The Hall–Kier alpha value is -2.67. The van der Waals surface area contributed by atoms with E-state index in [2.05, 4.69) is 20.6 Å². The Bertz CT molecular complexity index is 706. The largest absolute Gasteiger partial charge is 0.496 e. The quantitative estimate of drug-likeness (QED) is 0.675. The lowest BCUT2D eigenvalue weighted by molar-refractivity contribution is 0.0949. The number of methoxy groups -OCH3 is 2. The molecule has 1 amide bonds. The highest BCUT2D eigenvalue weighted by atomic mass is 16.5. The maximum atomic E-state index is 12.3. The maximum absolute atomic E-state index is 12.3. The zero-order valence-corrected chi connectivity index (χ0v) is 14.8. The van der Waals surface area contributed by atoms with Crippen LogP contribution in [0, 0.1) is 6.92 Å². The monoisotopic (exact) mass is 344 g/mol. The molecular formula is C18H24N4O3. The molecule has 0 radical (unpaired) electrons. The van der Waals surface area contributed by atoms with Crippen LogP contribution in [0.3, 0.4) is 0 Å². The smallest absolute Gasteiger partial charge is 0.270 e. The van der Waals surface area contributed by atoms with Gasteiger partial charge in [-0.3, -0.25) is 4.79 Å². The van der Waals surface area contributed by atoms with Gasteiger partial charge < -0.3 is 20.1 Å². The summed E-state index contributed by atoms with van der Waals surface area (Å²) in [6.07, 6.45) is 0.679. The van der Waals surface area contributed by atoms with Crippen molar-refractivity contribution in [1.82, 2.24) is 15.3 Å². The van der Waals surface area contributed by atoms with E-state index in [1.165, 1.54) is 0 Å². The molecule has 0 aliphatic rings. The van der Waals surface area contributed by atoms with Crippen LogP contribution in [-0.2, 0) is 11.2 Å². The van der Waals surface area contributed by atoms with Crippen molar-refractivity contribution in [2.24, 2.45) is 0 Å². The van der Waals surface area contributed by atoms with Crippen LogP contribution >= 0.6 is 0 Å². The Labute approximate surface area is 147 Å². The highest BCUT2D eigenvalue weighted by Crippen LogP contribution is 2.17. The molecule has 0 atom stereocenters. The fourth-order valence-electron chi connectivity index (χ4n) is 2.34. The summed E-state index contributed by atoms with van der Waals surface area (Å²) in [5.41, 5.74) is 2.11. The van der Waals surface area contributed by atoms with Crippen molar-refractivity contribution < 1.29 is 14.3 Å². The van der Waals surface area contributed by atoms with E-state index >= 15 is 0 Å². The molecule has 2 N–H and O–H groups in total. The topological polar surface area (TPSA) is 85.4 Å². The lowest BCUT2D eigenvalue weighted by Gasteiger charge is -2.10. The van der Waals surface area contributed by atoms with Crippen molar-refractivity contribution in [3.63, 3.8) is 0 Å². The number of benzene rings is 1. The minimum absolute atomic E-state index is 0.227. The summed E-state index contributed by atoms with van der Waals surface area (Å²) >= 11 is 0. The van der Waals surface area contributed by atoms with Crippen LogP contribution in [0.4, 0.5) is 5.95 Å². The van der Waals surface area contributed by atoms with Gasteiger partial charge in [-0.25, -0.2) is 9.97 Å². The molecule has 1 heterocycles. The SMILES string of the molecule is COCCNc1nc(C)cc(C(=O)NCCc2ccccc2OC)n1. The molecule has 2 aromatic rings. The first-order valence-corrected chi connectivity index (χ1v) is 8.12. The first kappa shape index (κ1) is 18.7. The molecule has 0 bridgehead atoms. The van der Waals surface area contributed by atoms with E-state index in [9.17, 15) is 4.79 Å². The van der Waals surface area contributed by atoms with Crippen molar-refractivity contribution in [1.29, 1.82) is 0 Å². The maximum Gasteiger partial charge on any atom is 0.270 e. The first-order chi connectivity index (χ1) is 12.1. The molecule has 1 aromatic carbocycles. The number of hydrogen-bond donors (Lipinski definition) is 2. The standard InChI is InChI=1S/C18H24N4O3/c1-13-12-15(22-18(21-13)20-10-11-24-2)17(23)19-9-8-14-6-4-5-7-16(14)25-3/h4-7,12H,8-11H2,1-3H3,(H,19,23)(H,20,21,22). The molecule has 25 heavy (non-hydrogen) atoms. The number of rotatable bonds is 9. The van der Waals surface area contributed by atoms with Crippen LogP contribution in [0.15, 0.2) is 30.3 Å². The number of nitrogens with zero attached hydrogens (tertiary/aromatic N) is 2. The average molecular weight is 344 g/mol. The normalized spacial score (nSPS) is 10.4.